The third kappa shape index (κ3) is 4.11. The molecule has 0 heterocycles. The van der Waals surface area contributed by atoms with E-state index in [0.717, 1.165) is 0 Å². The molecule has 0 amide bonds. The summed E-state index contributed by atoms with van der Waals surface area (Å²) in [5.74, 6) is -0.396. The van der Waals surface area contributed by atoms with Crippen LogP contribution >= 0.6 is 0 Å². The zero-order valence-electron chi connectivity index (χ0n) is 9.43. The number of aliphatic hydroxyl groups excluding tert-OH is 2. The topological polar surface area (TPSA) is 67.5 Å². The Balaban J connectivity index is 2.84. The summed E-state index contributed by atoms with van der Waals surface area (Å²) in [5.41, 5.74) is 0.974. The van der Waals surface area contributed by atoms with Crippen molar-refractivity contribution in [3.8, 4) is 6.07 Å². The summed E-state index contributed by atoms with van der Waals surface area (Å²) >= 11 is 0. The fourth-order valence-corrected chi connectivity index (χ4v) is 1.60. The molecule has 4 nitrogen and oxygen atoms in total. The standard InChI is InChI=1S/C12H15FN2O2/c13-12-2-1-10(8-14)11(7-12)9-15(3-5-16)4-6-17/h1-2,7,16-17H,3-6,9H2. The third-order valence-electron chi connectivity index (χ3n) is 2.41. The molecule has 0 aliphatic heterocycles. The fourth-order valence-electron chi connectivity index (χ4n) is 1.60. The Kier molecular flexibility index (Phi) is 5.57. The Morgan fingerprint density at radius 1 is 1.24 bits per heavy atom. The SMILES string of the molecule is N#Cc1ccc(F)cc1CN(CCO)CCO. The fraction of sp³-hybridized carbons (Fsp3) is 0.417. The molecular formula is C12H15FN2O2. The van der Waals surface area contributed by atoms with Gasteiger partial charge in [0.05, 0.1) is 24.8 Å². The molecule has 0 unspecified atom stereocenters. The van der Waals surface area contributed by atoms with E-state index in [9.17, 15) is 4.39 Å². The Labute approximate surface area is 99.5 Å². The van der Waals surface area contributed by atoms with Crippen molar-refractivity contribution in [2.75, 3.05) is 26.3 Å². The molecule has 0 radical (unpaired) electrons. The first kappa shape index (κ1) is 13.6. The Bertz CT molecular complexity index is 398. The number of nitrogens with zero attached hydrogens (tertiary/aromatic N) is 2. The molecule has 0 saturated heterocycles. The molecule has 0 fully saturated rings. The quantitative estimate of drug-likeness (QED) is 0.756. The summed E-state index contributed by atoms with van der Waals surface area (Å²) in [6.07, 6.45) is 0. The van der Waals surface area contributed by atoms with E-state index in [1.165, 1.54) is 18.2 Å². The molecule has 0 saturated carbocycles. The lowest BCUT2D eigenvalue weighted by atomic mass is 10.1. The van der Waals surface area contributed by atoms with E-state index in [4.69, 9.17) is 15.5 Å². The van der Waals surface area contributed by atoms with E-state index in [2.05, 4.69) is 0 Å². The van der Waals surface area contributed by atoms with Crippen LogP contribution in [0.2, 0.25) is 0 Å². The van der Waals surface area contributed by atoms with Gasteiger partial charge in [-0.3, -0.25) is 4.90 Å². The Morgan fingerprint density at radius 3 is 2.41 bits per heavy atom. The predicted octanol–water partition coefficient (Wildman–Crippen LogP) is 0.484. The van der Waals surface area contributed by atoms with Crippen LogP contribution in [0.25, 0.3) is 0 Å². The van der Waals surface area contributed by atoms with Crippen molar-refractivity contribution < 1.29 is 14.6 Å². The van der Waals surface area contributed by atoms with Crippen LogP contribution in [0.4, 0.5) is 4.39 Å². The molecular weight excluding hydrogens is 223 g/mol. The summed E-state index contributed by atoms with van der Waals surface area (Å²) in [4.78, 5) is 1.76. The molecule has 0 aromatic heterocycles. The number of hydrogen-bond acceptors (Lipinski definition) is 4. The van der Waals surface area contributed by atoms with Gasteiger partial charge in [0.1, 0.15) is 5.82 Å². The lowest BCUT2D eigenvalue weighted by molar-refractivity contribution is 0.155. The minimum absolute atomic E-state index is 0.0444. The summed E-state index contributed by atoms with van der Waals surface area (Å²) in [7, 11) is 0. The van der Waals surface area contributed by atoms with Crippen LogP contribution < -0.4 is 0 Å². The number of rotatable bonds is 6. The first-order valence-electron chi connectivity index (χ1n) is 5.34. The maximum atomic E-state index is 13.1. The number of aliphatic hydroxyl groups is 2. The van der Waals surface area contributed by atoms with E-state index in [1.54, 1.807) is 4.90 Å². The van der Waals surface area contributed by atoms with Crippen LogP contribution in [0.3, 0.4) is 0 Å². The van der Waals surface area contributed by atoms with Crippen molar-refractivity contribution in [3.05, 3.63) is 35.1 Å². The minimum Gasteiger partial charge on any atom is -0.395 e. The molecule has 1 aromatic carbocycles. The van der Waals surface area contributed by atoms with E-state index in [-0.39, 0.29) is 13.2 Å². The zero-order chi connectivity index (χ0) is 12.7. The van der Waals surface area contributed by atoms with Gasteiger partial charge in [0.2, 0.25) is 0 Å². The van der Waals surface area contributed by atoms with Gasteiger partial charge in [0.25, 0.3) is 0 Å². The smallest absolute Gasteiger partial charge is 0.123 e. The molecule has 0 atom stereocenters. The lowest BCUT2D eigenvalue weighted by Crippen LogP contribution is -2.29. The van der Waals surface area contributed by atoms with Gasteiger partial charge in [0.15, 0.2) is 0 Å². The summed E-state index contributed by atoms with van der Waals surface area (Å²) < 4.78 is 13.1. The highest BCUT2D eigenvalue weighted by atomic mass is 19.1. The van der Waals surface area contributed by atoms with Crippen LogP contribution in [0, 0.1) is 17.1 Å². The maximum absolute atomic E-state index is 13.1. The van der Waals surface area contributed by atoms with Crippen molar-refractivity contribution in [3.63, 3.8) is 0 Å². The van der Waals surface area contributed by atoms with Crippen LogP contribution in [0.1, 0.15) is 11.1 Å². The number of benzene rings is 1. The van der Waals surface area contributed by atoms with Gasteiger partial charge in [-0.2, -0.15) is 5.26 Å². The van der Waals surface area contributed by atoms with Crippen molar-refractivity contribution >= 4 is 0 Å². The number of halogens is 1. The molecule has 0 aliphatic carbocycles. The molecule has 17 heavy (non-hydrogen) atoms. The first-order valence-corrected chi connectivity index (χ1v) is 5.34. The molecule has 2 N–H and O–H groups in total. The van der Waals surface area contributed by atoms with Gasteiger partial charge in [-0.1, -0.05) is 0 Å². The predicted molar refractivity (Wildman–Crippen MR) is 60.6 cm³/mol. The second kappa shape index (κ2) is 6.97. The van der Waals surface area contributed by atoms with Crippen molar-refractivity contribution in [2.24, 2.45) is 0 Å². The highest BCUT2D eigenvalue weighted by Crippen LogP contribution is 2.13. The van der Waals surface area contributed by atoms with Gasteiger partial charge in [-0.25, -0.2) is 4.39 Å². The first-order chi connectivity index (χ1) is 8.21. The van der Waals surface area contributed by atoms with Crippen molar-refractivity contribution in [2.45, 2.75) is 6.54 Å². The van der Waals surface area contributed by atoms with E-state index in [1.807, 2.05) is 6.07 Å². The number of hydrogen-bond donors (Lipinski definition) is 2. The zero-order valence-corrected chi connectivity index (χ0v) is 9.43. The monoisotopic (exact) mass is 238 g/mol. The van der Waals surface area contributed by atoms with Crippen LogP contribution in [0.5, 0.6) is 0 Å². The van der Waals surface area contributed by atoms with Gasteiger partial charge in [-0.05, 0) is 23.8 Å². The molecule has 0 aliphatic rings. The van der Waals surface area contributed by atoms with Gasteiger partial charge < -0.3 is 10.2 Å². The molecule has 0 bridgehead atoms. The summed E-state index contributed by atoms with van der Waals surface area (Å²) in [6.45, 7) is 1.00. The average Bonchev–Trinajstić information content (AvgIpc) is 2.30. The van der Waals surface area contributed by atoms with Crippen LogP contribution in [-0.4, -0.2) is 41.4 Å². The molecule has 5 heteroatoms. The third-order valence-corrected chi connectivity index (χ3v) is 2.41. The summed E-state index contributed by atoms with van der Waals surface area (Å²) in [6, 6.07) is 5.97. The molecule has 92 valence electrons. The Morgan fingerprint density at radius 2 is 1.88 bits per heavy atom. The highest BCUT2D eigenvalue weighted by molar-refractivity contribution is 5.37. The highest BCUT2D eigenvalue weighted by Gasteiger charge is 2.09. The van der Waals surface area contributed by atoms with Crippen molar-refractivity contribution in [1.29, 1.82) is 5.26 Å². The average molecular weight is 238 g/mol. The van der Waals surface area contributed by atoms with Crippen LogP contribution in [0.15, 0.2) is 18.2 Å². The minimum atomic E-state index is -0.396. The van der Waals surface area contributed by atoms with Gasteiger partial charge in [0, 0.05) is 19.6 Å². The van der Waals surface area contributed by atoms with E-state index in [0.29, 0.717) is 30.8 Å². The van der Waals surface area contributed by atoms with Gasteiger partial charge in [-0.15, -0.1) is 0 Å². The largest absolute Gasteiger partial charge is 0.395 e. The summed E-state index contributed by atoms with van der Waals surface area (Å²) in [5, 5.41) is 26.6. The molecule has 1 rings (SSSR count). The van der Waals surface area contributed by atoms with E-state index >= 15 is 0 Å². The normalized spacial score (nSPS) is 10.5. The Hall–Kier alpha value is -1.48. The molecule has 1 aromatic rings. The van der Waals surface area contributed by atoms with E-state index < -0.39 is 5.82 Å². The van der Waals surface area contributed by atoms with Crippen LogP contribution in [-0.2, 0) is 6.54 Å². The lowest BCUT2D eigenvalue weighted by Gasteiger charge is -2.20. The van der Waals surface area contributed by atoms with Crippen molar-refractivity contribution in [1.82, 2.24) is 4.90 Å². The second-order valence-corrected chi connectivity index (χ2v) is 3.64. The molecule has 0 spiro atoms. The maximum Gasteiger partial charge on any atom is 0.123 e. The number of nitriles is 1. The van der Waals surface area contributed by atoms with Gasteiger partial charge >= 0.3 is 0 Å². The second-order valence-electron chi connectivity index (χ2n) is 3.64.